The van der Waals surface area contributed by atoms with E-state index in [1.807, 2.05) is 24.3 Å². The van der Waals surface area contributed by atoms with Crippen LogP contribution < -0.4 is 5.32 Å². The Labute approximate surface area is 157 Å². The molecule has 0 fully saturated rings. The second-order valence-electron chi connectivity index (χ2n) is 5.87. The molecule has 0 spiro atoms. The molecular weight excluding hydrogens is 379 g/mol. The first-order chi connectivity index (χ1) is 12.8. The Morgan fingerprint density at radius 1 is 1.33 bits per heavy atom. The zero-order valence-electron chi connectivity index (χ0n) is 14.9. The summed E-state index contributed by atoms with van der Waals surface area (Å²) < 4.78 is 40.1. The number of alkyl halides is 3. The summed E-state index contributed by atoms with van der Waals surface area (Å²) in [5.41, 5.74) is 0.517. The van der Waals surface area contributed by atoms with Crippen LogP contribution in [0.2, 0.25) is 0 Å². The molecular formula is C16H18F3N7S. The van der Waals surface area contributed by atoms with Crippen molar-refractivity contribution in [1.82, 2.24) is 29.8 Å². The minimum atomic E-state index is -4.43. The summed E-state index contributed by atoms with van der Waals surface area (Å²) in [4.78, 5) is 10.5. The van der Waals surface area contributed by atoms with Crippen molar-refractivity contribution in [2.45, 2.75) is 26.2 Å². The van der Waals surface area contributed by atoms with Gasteiger partial charge < -0.3 is 10.2 Å². The highest BCUT2D eigenvalue weighted by Gasteiger charge is 2.31. The van der Waals surface area contributed by atoms with Crippen molar-refractivity contribution in [2.24, 2.45) is 4.99 Å². The Balaban J connectivity index is 1.72. The molecule has 0 aliphatic carbocycles. The molecule has 144 valence electrons. The van der Waals surface area contributed by atoms with Gasteiger partial charge in [-0.15, -0.1) is 21.5 Å². The van der Waals surface area contributed by atoms with Crippen molar-refractivity contribution in [3.63, 3.8) is 0 Å². The van der Waals surface area contributed by atoms with E-state index in [-0.39, 0.29) is 6.54 Å². The molecule has 0 aliphatic heterocycles. The molecule has 11 heteroatoms. The average molecular weight is 397 g/mol. The standard InChI is InChI=1S/C16H18F3N7S/c1-10-22-12(9-27-10)8-25(3)15(20-2)21-6-14-24-23-13-5-4-11(7-26(13)14)16(17,18)19/h4-5,7,9H,6,8H2,1-3H3,(H,20,21). The molecule has 0 aromatic carbocycles. The third-order valence-corrected chi connectivity index (χ3v) is 4.67. The van der Waals surface area contributed by atoms with E-state index in [1.165, 1.54) is 10.5 Å². The number of rotatable bonds is 4. The van der Waals surface area contributed by atoms with E-state index >= 15 is 0 Å². The van der Waals surface area contributed by atoms with Crippen LogP contribution in [-0.4, -0.2) is 44.5 Å². The topological polar surface area (TPSA) is 70.7 Å². The van der Waals surface area contributed by atoms with E-state index in [2.05, 4.69) is 25.5 Å². The number of nitrogens with zero attached hydrogens (tertiary/aromatic N) is 6. The summed E-state index contributed by atoms with van der Waals surface area (Å²) in [5.74, 6) is 0.930. The molecule has 27 heavy (non-hydrogen) atoms. The minimum Gasteiger partial charge on any atom is -0.349 e. The van der Waals surface area contributed by atoms with Crippen LogP contribution in [-0.2, 0) is 19.3 Å². The van der Waals surface area contributed by atoms with Crippen LogP contribution in [0.4, 0.5) is 13.2 Å². The second kappa shape index (κ2) is 7.51. The van der Waals surface area contributed by atoms with Crippen LogP contribution in [0, 0.1) is 6.92 Å². The Bertz CT molecular complexity index is 960. The molecule has 0 radical (unpaired) electrons. The average Bonchev–Trinajstić information content (AvgIpc) is 3.20. The highest BCUT2D eigenvalue weighted by atomic mass is 32.1. The van der Waals surface area contributed by atoms with E-state index in [0.717, 1.165) is 23.0 Å². The molecule has 3 rings (SSSR count). The van der Waals surface area contributed by atoms with Gasteiger partial charge in [0.25, 0.3) is 0 Å². The predicted molar refractivity (Wildman–Crippen MR) is 96.5 cm³/mol. The normalized spacial score (nSPS) is 12.6. The van der Waals surface area contributed by atoms with E-state index in [1.54, 1.807) is 18.4 Å². The lowest BCUT2D eigenvalue weighted by atomic mass is 10.3. The Morgan fingerprint density at radius 2 is 2.11 bits per heavy atom. The number of thiazole rings is 1. The van der Waals surface area contributed by atoms with Crippen LogP contribution in [0.3, 0.4) is 0 Å². The fraction of sp³-hybridized carbons (Fsp3) is 0.375. The number of nitrogens with one attached hydrogen (secondary N) is 1. The van der Waals surface area contributed by atoms with Gasteiger partial charge >= 0.3 is 6.18 Å². The van der Waals surface area contributed by atoms with Crippen molar-refractivity contribution < 1.29 is 13.2 Å². The smallest absolute Gasteiger partial charge is 0.349 e. The van der Waals surface area contributed by atoms with Gasteiger partial charge in [-0.2, -0.15) is 13.2 Å². The quantitative estimate of drug-likeness (QED) is 0.542. The minimum absolute atomic E-state index is 0.176. The first-order valence-electron chi connectivity index (χ1n) is 8.01. The largest absolute Gasteiger partial charge is 0.417 e. The van der Waals surface area contributed by atoms with Crippen LogP contribution >= 0.6 is 11.3 Å². The van der Waals surface area contributed by atoms with Crippen molar-refractivity contribution >= 4 is 22.9 Å². The van der Waals surface area contributed by atoms with Gasteiger partial charge in [0.2, 0.25) is 0 Å². The van der Waals surface area contributed by atoms with Gasteiger partial charge in [0.05, 0.1) is 29.4 Å². The number of pyridine rings is 1. The maximum atomic E-state index is 12.9. The number of halogens is 3. The molecule has 0 atom stereocenters. The number of guanidine groups is 1. The highest BCUT2D eigenvalue weighted by Crippen LogP contribution is 2.29. The number of aliphatic imine (C=N–C) groups is 1. The molecule has 7 nitrogen and oxygen atoms in total. The number of hydrogen-bond donors (Lipinski definition) is 1. The first kappa shape index (κ1) is 19.1. The Hall–Kier alpha value is -2.69. The summed E-state index contributed by atoms with van der Waals surface area (Å²) in [7, 11) is 3.49. The van der Waals surface area contributed by atoms with Gasteiger partial charge in [0, 0.05) is 25.7 Å². The van der Waals surface area contributed by atoms with Crippen LogP contribution in [0.25, 0.3) is 5.65 Å². The fourth-order valence-electron chi connectivity index (χ4n) is 2.57. The van der Waals surface area contributed by atoms with Crippen molar-refractivity contribution in [2.75, 3.05) is 14.1 Å². The monoisotopic (exact) mass is 397 g/mol. The first-order valence-corrected chi connectivity index (χ1v) is 8.89. The lowest BCUT2D eigenvalue weighted by Crippen LogP contribution is -2.38. The number of aromatic nitrogens is 4. The number of aryl methyl sites for hydroxylation is 1. The summed E-state index contributed by atoms with van der Waals surface area (Å²) in [6.07, 6.45) is -3.43. The highest BCUT2D eigenvalue weighted by molar-refractivity contribution is 7.09. The molecule has 3 aromatic heterocycles. The molecule has 0 saturated carbocycles. The van der Waals surface area contributed by atoms with Crippen molar-refractivity contribution in [3.05, 3.63) is 45.8 Å². The van der Waals surface area contributed by atoms with E-state index < -0.39 is 11.7 Å². The third kappa shape index (κ3) is 4.35. The zero-order chi connectivity index (χ0) is 19.6. The SMILES string of the molecule is CN=C(NCc1nnc2ccc(C(F)(F)F)cn12)N(C)Cc1csc(C)n1. The third-order valence-electron chi connectivity index (χ3n) is 3.84. The van der Waals surface area contributed by atoms with Gasteiger partial charge in [-0.05, 0) is 19.1 Å². The van der Waals surface area contributed by atoms with E-state index in [9.17, 15) is 13.2 Å². The molecule has 3 heterocycles. The van der Waals surface area contributed by atoms with Gasteiger partial charge in [-0.25, -0.2) is 4.98 Å². The lowest BCUT2D eigenvalue weighted by Gasteiger charge is -2.20. The second-order valence-corrected chi connectivity index (χ2v) is 6.94. The summed E-state index contributed by atoms with van der Waals surface area (Å²) >= 11 is 1.57. The van der Waals surface area contributed by atoms with E-state index in [0.29, 0.717) is 24.0 Å². The number of hydrogen-bond acceptors (Lipinski definition) is 5. The molecule has 3 aromatic rings. The maximum Gasteiger partial charge on any atom is 0.417 e. The summed E-state index contributed by atoms with van der Waals surface area (Å²) in [5, 5.41) is 13.9. The van der Waals surface area contributed by atoms with Gasteiger partial charge in [0.1, 0.15) is 0 Å². The van der Waals surface area contributed by atoms with Crippen LogP contribution in [0.15, 0.2) is 28.7 Å². The van der Waals surface area contributed by atoms with Gasteiger partial charge in [0.15, 0.2) is 17.4 Å². The molecule has 0 aliphatic rings. The van der Waals surface area contributed by atoms with Crippen molar-refractivity contribution in [1.29, 1.82) is 0 Å². The van der Waals surface area contributed by atoms with Crippen molar-refractivity contribution in [3.8, 4) is 0 Å². The van der Waals surface area contributed by atoms with Gasteiger partial charge in [-0.1, -0.05) is 0 Å². The molecule has 0 saturated heterocycles. The molecule has 0 amide bonds. The van der Waals surface area contributed by atoms with Gasteiger partial charge in [-0.3, -0.25) is 9.39 Å². The Kier molecular flexibility index (Phi) is 5.31. The summed E-state index contributed by atoms with van der Waals surface area (Å²) in [6.45, 7) is 2.67. The van der Waals surface area contributed by atoms with E-state index in [4.69, 9.17) is 0 Å². The number of fused-ring (bicyclic) bond motifs is 1. The lowest BCUT2D eigenvalue weighted by molar-refractivity contribution is -0.137. The molecule has 0 bridgehead atoms. The van der Waals surface area contributed by atoms with Crippen LogP contribution in [0.5, 0.6) is 0 Å². The van der Waals surface area contributed by atoms with Crippen LogP contribution in [0.1, 0.15) is 22.1 Å². The molecule has 0 unspecified atom stereocenters. The molecule has 1 N–H and O–H groups in total. The zero-order valence-corrected chi connectivity index (χ0v) is 15.8. The Morgan fingerprint density at radius 3 is 2.74 bits per heavy atom. The maximum absolute atomic E-state index is 12.9. The fourth-order valence-corrected chi connectivity index (χ4v) is 3.17. The predicted octanol–water partition coefficient (Wildman–Crippen LogP) is 2.72. The summed E-state index contributed by atoms with van der Waals surface area (Å²) in [6, 6.07) is 2.29.